The number of nitrogens with zero attached hydrogens (tertiary/aromatic N) is 3. The van der Waals surface area contributed by atoms with Crippen molar-refractivity contribution in [3.63, 3.8) is 0 Å². The second kappa shape index (κ2) is 7.77. The predicted molar refractivity (Wildman–Crippen MR) is 107 cm³/mol. The van der Waals surface area contributed by atoms with Crippen LogP contribution in [0.25, 0.3) is 10.6 Å². The molecule has 2 aromatic carbocycles. The van der Waals surface area contributed by atoms with Crippen LogP contribution < -0.4 is 4.90 Å². The van der Waals surface area contributed by atoms with E-state index >= 15 is 0 Å². The molecule has 1 saturated carbocycles. The van der Waals surface area contributed by atoms with Crippen LogP contribution in [0, 0.1) is 11.7 Å². The zero-order valence-corrected chi connectivity index (χ0v) is 16.2. The fourth-order valence-corrected chi connectivity index (χ4v) is 3.80. The van der Waals surface area contributed by atoms with E-state index in [4.69, 9.17) is 11.6 Å². The number of aldehydes is 1. The summed E-state index contributed by atoms with van der Waals surface area (Å²) in [6.45, 7) is 0.462. The van der Waals surface area contributed by atoms with Crippen LogP contribution in [0.15, 0.2) is 42.5 Å². The minimum absolute atomic E-state index is 0.0831. The molecule has 4 rings (SSSR count). The number of hydrogen-bond donors (Lipinski definition) is 0. The van der Waals surface area contributed by atoms with Crippen LogP contribution in [0.2, 0.25) is 5.02 Å². The third-order valence-electron chi connectivity index (χ3n) is 4.50. The lowest BCUT2D eigenvalue weighted by atomic mass is 10.2. The van der Waals surface area contributed by atoms with Crippen molar-refractivity contribution >= 4 is 40.3 Å². The van der Waals surface area contributed by atoms with Gasteiger partial charge in [-0.05, 0) is 30.9 Å². The Labute approximate surface area is 169 Å². The minimum Gasteiger partial charge on any atom is -0.298 e. The van der Waals surface area contributed by atoms with Crippen molar-refractivity contribution in [2.45, 2.75) is 12.8 Å². The molecular formula is C20H15ClFN3O2S. The maximum Gasteiger partial charge on any atom is 0.263 e. The molecule has 1 heterocycles. The molecule has 0 spiro atoms. The molecule has 0 unspecified atom stereocenters. The molecular weight excluding hydrogens is 401 g/mol. The Kier molecular flexibility index (Phi) is 5.19. The summed E-state index contributed by atoms with van der Waals surface area (Å²) in [5.74, 6) is -0.833. The summed E-state index contributed by atoms with van der Waals surface area (Å²) in [5.41, 5.74) is 1.28. The van der Waals surface area contributed by atoms with Crippen LogP contribution in [0.4, 0.5) is 9.52 Å². The number of aromatic nitrogens is 2. The van der Waals surface area contributed by atoms with E-state index in [0.717, 1.165) is 24.7 Å². The molecule has 0 bridgehead atoms. The standard InChI is InChI=1S/C20H15ClFN3O2S/c21-16-3-1-2-15(17(16)22)19(27)25(10-12-4-5-12)20-24-23-18(28-20)14-8-6-13(11-26)7-9-14/h1-3,6-9,11-12H,4-5,10H2. The fraction of sp³-hybridized carbons (Fsp3) is 0.200. The average Bonchev–Trinajstić information content (AvgIpc) is 3.41. The minimum atomic E-state index is -0.732. The first-order valence-corrected chi connectivity index (χ1v) is 9.91. The van der Waals surface area contributed by atoms with Gasteiger partial charge in [0.05, 0.1) is 10.6 Å². The third-order valence-corrected chi connectivity index (χ3v) is 5.79. The summed E-state index contributed by atoms with van der Waals surface area (Å²) in [6, 6.07) is 11.3. The fourth-order valence-electron chi connectivity index (χ4n) is 2.77. The van der Waals surface area contributed by atoms with Crippen LogP contribution in [0.3, 0.4) is 0 Å². The predicted octanol–water partition coefficient (Wildman–Crippen LogP) is 4.87. The Bertz CT molecular complexity index is 1030. The summed E-state index contributed by atoms with van der Waals surface area (Å²) in [5, 5.41) is 9.27. The highest BCUT2D eigenvalue weighted by atomic mass is 35.5. The molecule has 1 aliphatic carbocycles. The number of benzene rings is 2. The van der Waals surface area contributed by atoms with Crippen LogP contribution in [0.5, 0.6) is 0 Å². The van der Waals surface area contributed by atoms with E-state index < -0.39 is 11.7 Å². The number of amides is 1. The summed E-state index contributed by atoms with van der Waals surface area (Å²) in [6.07, 6.45) is 2.83. The largest absolute Gasteiger partial charge is 0.298 e. The summed E-state index contributed by atoms with van der Waals surface area (Å²) in [4.78, 5) is 25.3. The van der Waals surface area contributed by atoms with E-state index in [0.29, 0.717) is 28.2 Å². The van der Waals surface area contributed by atoms with E-state index in [2.05, 4.69) is 10.2 Å². The van der Waals surface area contributed by atoms with E-state index in [1.54, 1.807) is 30.3 Å². The van der Waals surface area contributed by atoms with Crippen LogP contribution in [-0.2, 0) is 0 Å². The maximum atomic E-state index is 14.4. The molecule has 1 aliphatic rings. The summed E-state index contributed by atoms with van der Waals surface area (Å²) < 4.78 is 14.4. The highest BCUT2D eigenvalue weighted by molar-refractivity contribution is 7.18. The smallest absolute Gasteiger partial charge is 0.263 e. The van der Waals surface area contributed by atoms with Gasteiger partial charge in [-0.15, -0.1) is 10.2 Å². The van der Waals surface area contributed by atoms with Crippen molar-refractivity contribution in [3.05, 3.63) is 64.4 Å². The summed E-state index contributed by atoms with van der Waals surface area (Å²) >= 11 is 7.09. The maximum absolute atomic E-state index is 14.4. The Morgan fingerprint density at radius 2 is 1.96 bits per heavy atom. The molecule has 142 valence electrons. The molecule has 1 aromatic heterocycles. The van der Waals surface area contributed by atoms with Crippen molar-refractivity contribution in [2.24, 2.45) is 5.92 Å². The molecule has 3 aromatic rings. The van der Waals surface area contributed by atoms with E-state index in [9.17, 15) is 14.0 Å². The quantitative estimate of drug-likeness (QED) is 0.539. The Morgan fingerprint density at radius 1 is 1.21 bits per heavy atom. The van der Waals surface area contributed by atoms with Gasteiger partial charge in [-0.2, -0.15) is 0 Å². The monoisotopic (exact) mass is 415 g/mol. The van der Waals surface area contributed by atoms with Crippen LogP contribution in [-0.4, -0.2) is 28.9 Å². The van der Waals surface area contributed by atoms with E-state index in [-0.39, 0.29) is 10.6 Å². The molecule has 0 radical (unpaired) electrons. The van der Waals surface area contributed by atoms with Crippen LogP contribution >= 0.6 is 22.9 Å². The van der Waals surface area contributed by atoms with Crippen molar-refractivity contribution in [2.75, 3.05) is 11.4 Å². The third kappa shape index (κ3) is 3.81. The van der Waals surface area contributed by atoms with Gasteiger partial charge in [-0.25, -0.2) is 4.39 Å². The highest BCUT2D eigenvalue weighted by Gasteiger charge is 2.31. The number of rotatable bonds is 6. The molecule has 1 amide bonds. The first-order valence-electron chi connectivity index (χ1n) is 8.72. The molecule has 0 saturated heterocycles. The van der Waals surface area contributed by atoms with E-state index in [1.807, 2.05) is 0 Å². The van der Waals surface area contributed by atoms with Crippen molar-refractivity contribution in [3.8, 4) is 10.6 Å². The highest BCUT2D eigenvalue weighted by Crippen LogP contribution is 2.35. The normalized spacial score (nSPS) is 13.4. The van der Waals surface area contributed by atoms with Gasteiger partial charge in [0, 0.05) is 17.7 Å². The second-order valence-electron chi connectivity index (χ2n) is 6.59. The molecule has 28 heavy (non-hydrogen) atoms. The number of halogens is 2. The second-order valence-corrected chi connectivity index (χ2v) is 7.95. The first-order chi connectivity index (χ1) is 13.6. The van der Waals surface area contributed by atoms with Crippen molar-refractivity contribution < 1.29 is 14.0 Å². The lowest BCUT2D eigenvalue weighted by Gasteiger charge is -2.19. The van der Waals surface area contributed by atoms with Gasteiger partial charge in [0.1, 0.15) is 11.3 Å². The molecule has 8 heteroatoms. The molecule has 0 aliphatic heterocycles. The summed E-state index contributed by atoms with van der Waals surface area (Å²) in [7, 11) is 0. The van der Waals surface area contributed by atoms with Gasteiger partial charge in [-0.3, -0.25) is 14.5 Å². The van der Waals surface area contributed by atoms with Crippen molar-refractivity contribution in [1.82, 2.24) is 10.2 Å². The topological polar surface area (TPSA) is 63.2 Å². The lowest BCUT2D eigenvalue weighted by Crippen LogP contribution is -2.33. The molecule has 0 atom stereocenters. The van der Waals surface area contributed by atoms with Crippen LogP contribution in [0.1, 0.15) is 33.6 Å². The Hall–Kier alpha value is -2.64. The Morgan fingerprint density at radius 3 is 2.64 bits per heavy atom. The SMILES string of the molecule is O=Cc1ccc(-c2nnc(N(CC3CC3)C(=O)c3cccc(Cl)c3F)s2)cc1. The van der Waals surface area contributed by atoms with E-state index in [1.165, 1.54) is 28.4 Å². The van der Waals surface area contributed by atoms with Gasteiger partial charge in [-0.1, -0.05) is 53.3 Å². The molecule has 0 N–H and O–H groups in total. The number of hydrogen-bond acceptors (Lipinski definition) is 5. The van der Waals surface area contributed by atoms with Gasteiger partial charge in [0.15, 0.2) is 5.82 Å². The zero-order chi connectivity index (χ0) is 19.7. The Balaban J connectivity index is 1.66. The van der Waals surface area contributed by atoms with Gasteiger partial charge in [0.25, 0.3) is 5.91 Å². The molecule has 5 nitrogen and oxygen atoms in total. The lowest BCUT2D eigenvalue weighted by molar-refractivity contribution is 0.0981. The zero-order valence-electron chi connectivity index (χ0n) is 14.6. The van der Waals surface area contributed by atoms with Gasteiger partial charge in [0.2, 0.25) is 5.13 Å². The van der Waals surface area contributed by atoms with Gasteiger partial charge < -0.3 is 0 Å². The number of carbonyl (C=O) groups is 2. The number of anilines is 1. The molecule has 1 fully saturated rings. The first kappa shape index (κ1) is 18.7. The average molecular weight is 416 g/mol. The number of carbonyl (C=O) groups excluding carboxylic acids is 2. The van der Waals surface area contributed by atoms with Gasteiger partial charge >= 0.3 is 0 Å². The van der Waals surface area contributed by atoms with Crippen molar-refractivity contribution in [1.29, 1.82) is 0 Å².